The van der Waals surface area contributed by atoms with Gasteiger partial charge in [-0.3, -0.25) is 0 Å². The first-order chi connectivity index (χ1) is 14.2. The number of fused-ring (bicyclic) bond motifs is 1. The predicted octanol–water partition coefficient (Wildman–Crippen LogP) is 3.51. The van der Waals surface area contributed by atoms with Crippen LogP contribution in [0, 0.1) is 6.92 Å². The van der Waals surface area contributed by atoms with Gasteiger partial charge in [0, 0.05) is 37.5 Å². The molecule has 0 atom stereocenters. The lowest BCUT2D eigenvalue weighted by atomic mass is 10.2. The van der Waals surface area contributed by atoms with E-state index in [0.717, 1.165) is 48.1 Å². The smallest absolute Gasteiger partial charge is 0.191 e. The van der Waals surface area contributed by atoms with E-state index in [9.17, 15) is 0 Å². The summed E-state index contributed by atoms with van der Waals surface area (Å²) in [4.78, 5) is 9.43. The third-order valence-corrected chi connectivity index (χ3v) is 4.48. The lowest BCUT2D eigenvalue weighted by Crippen LogP contribution is -2.38. The van der Waals surface area contributed by atoms with Gasteiger partial charge in [0.2, 0.25) is 0 Å². The first-order valence-electron chi connectivity index (χ1n) is 9.98. The van der Waals surface area contributed by atoms with E-state index >= 15 is 0 Å². The summed E-state index contributed by atoms with van der Waals surface area (Å²) in [7, 11) is 0. The van der Waals surface area contributed by atoms with Crippen molar-refractivity contribution in [1.82, 2.24) is 20.0 Å². The molecule has 0 saturated carbocycles. The Labute approximate surface area is 172 Å². The van der Waals surface area contributed by atoms with E-state index in [1.807, 2.05) is 36.5 Å². The van der Waals surface area contributed by atoms with Crippen LogP contribution in [-0.2, 0) is 13.0 Å². The molecule has 0 aliphatic carbocycles. The van der Waals surface area contributed by atoms with E-state index < -0.39 is 0 Å². The van der Waals surface area contributed by atoms with Crippen molar-refractivity contribution in [3.05, 3.63) is 78.3 Å². The number of nitrogens with one attached hydrogen (secondary N) is 2. The second-order valence-corrected chi connectivity index (χ2v) is 6.73. The highest BCUT2D eigenvalue weighted by Gasteiger charge is 2.06. The van der Waals surface area contributed by atoms with Crippen LogP contribution >= 0.6 is 0 Å². The fourth-order valence-corrected chi connectivity index (χ4v) is 3.06. The van der Waals surface area contributed by atoms with E-state index in [4.69, 9.17) is 14.7 Å². The first-order valence-corrected chi connectivity index (χ1v) is 9.98. The van der Waals surface area contributed by atoms with Gasteiger partial charge in [-0.05, 0) is 31.5 Å². The van der Waals surface area contributed by atoms with E-state index in [-0.39, 0.29) is 0 Å². The van der Waals surface area contributed by atoms with Crippen LogP contribution in [0.25, 0.3) is 5.65 Å². The number of hydrogen-bond acceptors (Lipinski definition) is 3. The maximum Gasteiger partial charge on any atom is 0.191 e. The summed E-state index contributed by atoms with van der Waals surface area (Å²) in [6.07, 6.45) is 6.68. The monoisotopic (exact) mass is 391 g/mol. The number of nitrogens with zero attached hydrogens (tertiary/aromatic N) is 3. The summed E-state index contributed by atoms with van der Waals surface area (Å²) in [6.45, 7) is 10.4. The predicted molar refractivity (Wildman–Crippen MR) is 119 cm³/mol. The molecule has 6 heteroatoms. The number of hydrogen-bond donors (Lipinski definition) is 2. The normalized spacial score (nSPS) is 11.4. The summed E-state index contributed by atoms with van der Waals surface area (Å²) in [5.74, 6) is 1.62. The van der Waals surface area contributed by atoms with Crippen LogP contribution in [0.3, 0.4) is 0 Å². The maximum atomic E-state index is 5.72. The first kappa shape index (κ1) is 20.5. The van der Waals surface area contributed by atoms with E-state index in [1.165, 1.54) is 5.56 Å². The number of ether oxygens (including phenoxy) is 1. The summed E-state index contributed by atoms with van der Waals surface area (Å²) in [5.41, 5.74) is 4.30. The summed E-state index contributed by atoms with van der Waals surface area (Å²) in [6, 6.07) is 12.1. The van der Waals surface area contributed by atoms with Gasteiger partial charge in [0.15, 0.2) is 5.96 Å². The number of rotatable bonds is 9. The van der Waals surface area contributed by atoms with Crippen LogP contribution in [0.5, 0.6) is 5.75 Å². The largest absolute Gasteiger partial charge is 0.489 e. The Hall–Kier alpha value is -3.28. The van der Waals surface area contributed by atoms with Crippen LogP contribution in [0.4, 0.5) is 0 Å². The van der Waals surface area contributed by atoms with Crippen molar-refractivity contribution in [3.63, 3.8) is 0 Å². The average molecular weight is 392 g/mol. The van der Waals surface area contributed by atoms with Crippen LogP contribution in [0.15, 0.2) is 66.4 Å². The van der Waals surface area contributed by atoms with Crippen molar-refractivity contribution in [1.29, 1.82) is 0 Å². The number of benzene rings is 1. The van der Waals surface area contributed by atoms with Gasteiger partial charge in [-0.1, -0.05) is 36.9 Å². The van der Waals surface area contributed by atoms with Crippen molar-refractivity contribution in [2.75, 3.05) is 19.7 Å². The van der Waals surface area contributed by atoms with Crippen molar-refractivity contribution < 1.29 is 4.74 Å². The van der Waals surface area contributed by atoms with Crippen LogP contribution < -0.4 is 15.4 Å². The molecule has 0 amide bonds. The minimum absolute atomic E-state index is 0.484. The van der Waals surface area contributed by atoms with Gasteiger partial charge in [0.25, 0.3) is 0 Å². The molecule has 2 aromatic heterocycles. The number of para-hydroxylation sites is 1. The van der Waals surface area contributed by atoms with Gasteiger partial charge in [0.05, 0.1) is 12.2 Å². The van der Waals surface area contributed by atoms with E-state index in [2.05, 4.69) is 47.7 Å². The quantitative estimate of drug-likeness (QED) is 0.333. The number of imidazole rings is 1. The van der Waals surface area contributed by atoms with Gasteiger partial charge in [0.1, 0.15) is 18.0 Å². The number of pyridine rings is 1. The zero-order valence-electron chi connectivity index (χ0n) is 17.2. The fourth-order valence-electron chi connectivity index (χ4n) is 3.06. The number of aliphatic imine (C=N–C) groups is 1. The van der Waals surface area contributed by atoms with Crippen LogP contribution in [0.2, 0.25) is 0 Å². The Kier molecular flexibility index (Phi) is 7.28. The standard InChI is InChI=1S/C23H29N5O/c1-4-15-29-21-11-7-6-10-19(21)16-26-23(24-5-2)25-13-12-20-17-28-14-8-9-18(3)22(28)27-20/h4,6-11,14,17H,1,5,12-13,15-16H2,2-3H3,(H2,24,25,26). The molecule has 0 saturated heterocycles. The SMILES string of the molecule is C=CCOc1ccccc1CN=C(NCC)NCCc1cn2cccc(C)c2n1. The van der Waals surface area contributed by atoms with Gasteiger partial charge in [-0.2, -0.15) is 0 Å². The van der Waals surface area contributed by atoms with Gasteiger partial charge in [-0.15, -0.1) is 0 Å². The molecule has 2 N–H and O–H groups in total. The highest BCUT2D eigenvalue weighted by Crippen LogP contribution is 2.18. The Morgan fingerprint density at radius 1 is 1.24 bits per heavy atom. The molecule has 0 spiro atoms. The minimum atomic E-state index is 0.484. The summed E-state index contributed by atoms with van der Waals surface area (Å²) in [5, 5.41) is 6.69. The lowest BCUT2D eigenvalue weighted by molar-refractivity contribution is 0.359. The third-order valence-electron chi connectivity index (χ3n) is 4.48. The second kappa shape index (κ2) is 10.3. The van der Waals surface area contributed by atoms with Crippen LogP contribution in [-0.4, -0.2) is 35.0 Å². The summed E-state index contributed by atoms with van der Waals surface area (Å²) < 4.78 is 7.79. The lowest BCUT2D eigenvalue weighted by Gasteiger charge is -2.12. The minimum Gasteiger partial charge on any atom is -0.489 e. The fraction of sp³-hybridized carbons (Fsp3) is 0.304. The molecule has 29 heavy (non-hydrogen) atoms. The molecule has 1 aromatic carbocycles. The molecule has 3 aromatic rings. The van der Waals surface area contributed by atoms with Crippen molar-refractivity contribution in [2.45, 2.75) is 26.8 Å². The molecule has 0 aliphatic heterocycles. The molecule has 152 valence electrons. The van der Waals surface area contributed by atoms with Crippen molar-refractivity contribution >= 4 is 11.6 Å². The third kappa shape index (κ3) is 5.60. The Balaban J connectivity index is 1.60. The van der Waals surface area contributed by atoms with E-state index in [1.54, 1.807) is 6.08 Å². The average Bonchev–Trinajstić information content (AvgIpc) is 3.15. The van der Waals surface area contributed by atoms with Gasteiger partial charge >= 0.3 is 0 Å². The maximum absolute atomic E-state index is 5.72. The molecular formula is C23H29N5O. The molecule has 0 unspecified atom stereocenters. The van der Waals surface area contributed by atoms with E-state index in [0.29, 0.717) is 13.2 Å². The van der Waals surface area contributed by atoms with Crippen molar-refractivity contribution in [3.8, 4) is 5.75 Å². The highest BCUT2D eigenvalue weighted by molar-refractivity contribution is 5.79. The number of aromatic nitrogens is 2. The zero-order valence-corrected chi connectivity index (χ0v) is 17.2. The Bertz CT molecular complexity index is 976. The summed E-state index contributed by atoms with van der Waals surface area (Å²) >= 11 is 0. The molecular weight excluding hydrogens is 362 g/mol. The number of aryl methyl sites for hydroxylation is 1. The molecule has 0 radical (unpaired) electrons. The Morgan fingerprint density at radius 2 is 2.10 bits per heavy atom. The van der Waals surface area contributed by atoms with Crippen LogP contribution in [0.1, 0.15) is 23.7 Å². The highest BCUT2D eigenvalue weighted by atomic mass is 16.5. The molecule has 3 rings (SSSR count). The van der Waals surface area contributed by atoms with Crippen molar-refractivity contribution in [2.24, 2.45) is 4.99 Å². The molecule has 0 aliphatic rings. The molecule has 2 heterocycles. The topological polar surface area (TPSA) is 63.0 Å². The van der Waals surface area contributed by atoms with Gasteiger partial charge in [-0.25, -0.2) is 9.98 Å². The van der Waals surface area contributed by atoms with Gasteiger partial charge < -0.3 is 19.8 Å². The number of guanidine groups is 1. The molecule has 0 bridgehead atoms. The second-order valence-electron chi connectivity index (χ2n) is 6.73. The Morgan fingerprint density at radius 3 is 2.90 bits per heavy atom. The zero-order chi connectivity index (χ0) is 20.5. The molecule has 6 nitrogen and oxygen atoms in total. The molecule has 0 fully saturated rings.